The first-order valence-corrected chi connectivity index (χ1v) is 9.09. The van der Waals surface area contributed by atoms with Crippen LogP contribution in [0.5, 0.6) is 5.75 Å². The van der Waals surface area contributed by atoms with Gasteiger partial charge in [-0.25, -0.2) is 0 Å². The van der Waals surface area contributed by atoms with Gasteiger partial charge in [-0.1, -0.05) is 17.7 Å². The number of hydrogen-bond acceptors (Lipinski definition) is 3. The molecule has 1 aromatic rings. The first-order valence-electron chi connectivity index (χ1n) is 8.71. The van der Waals surface area contributed by atoms with E-state index in [2.05, 4.69) is 20.5 Å². The van der Waals surface area contributed by atoms with Gasteiger partial charge in [-0.2, -0.15) is 0 Å². The number of halogens is 2. The molecular weight excluding hydrogens is 467 g/mol. The minimum atomic E-state index is 0. The lowest BCUT2D eigenvalue weighted by Crippen LogP contribution is -2.51. The Morgan fingerprint density at radius 1 is 1.50 bits per heavy atom. The summed E-state index contributed by atoms with van der Waals surface area (Å²) >= 11 is 5.95. The lowest BCUT2D eigenvalue weighted by molar-refractivity contribution is -0.119. The van der Waals surface area contributed by atoms with E-state index in [1.807, 2.05) is 18.2 Å². The number of likely N-dealkylation sites (tertiary alicyclic amines) is 1. The number of hydrogen-bond donors (Lipinski definition) is 2. The predicted molar refractivity (Wildman–Crippen MR) is 115 cm³/mol. The molecule has 1 atom stereocenters. The molecule has 8 heteroatoms. The van der Waals surface area contributed by atoms with Crippen LogP contribution in [-0.2, 0) is 4.79 Å². The zero-order chi connectivity index (χ0) is 17.7. The number of carbonyl (C=O) groups excluding carboxylic acids is 1. The van der Waals surface area contributed by atoms with E-state index in [4.69, 9.17) is 16.3 Å². The number of aliphatic imine (C=N–C) groups is 1. The molecule has 2 saturated heterocycles. The molecule has 3 rings (SSSR count). The molecule has 1 aromatic carbocycles. The third-order valence-electron chi connectivity index (χ3n) is 4.82. The standard InChI is InChI=1S/C18H25ClN4O2.HI/c1-20-17(21-7-9-25-15-5-2-4-14(19)10-15)23-8-3-6-18(13-23)11-16(24)22-12-18;/h2,4-5,10H,3,6-9,11-13H2,1H3,(H,20,21)(H,22,24);1H. The van der Waals surface area contributed by atoms with Gasteiger partial charge in [0.1, 0.15) is 12.4 Å². The first kappa shape index (κ1) is 21.1. The van der Waals surface area contributed by atoms with E-state index < -0.39 is 0 Å². The Hall–Kier alpha value is -1.22. The van der Waals surface area contributed by atoms with Crippen molar-refractivity contribution in [3.8, 4) is 5.75 Å². The molecule has 2 aliphatic heterocycles. The fourth-order valence-electron chi connectivity index (χ4n) is 3.65. The molecule has 2 aliphatic rings. The van der Waals surface area contributed by atoms with E-state index in [0.29, 0.717) is 24.6 Å². The van der Waals surface area contributed by atoms with E-state index in [1.165, 1.54) is 0 Å². The van der Waals surface area contributed by atoms with E-state index >= 15 is 0 Å². The van der Waals surface area contributed by atoms with E-state index in [0.717, 1.165) is 44.2 Å². The molecule has 0 bridgehead atoms. The quantitative estimate of drug-likeness (QED) is 0.293. The Labute approximate surface area is 176 Å². The molecule has 1 unspecified atom stereocenters. The summed E-state index contributed by atoms with van der Waals surface area (Å²) < 4.78 is 5.70. The Kier molecular flexibility index (Phi) is 7.82. The molecule has 0 saturated carbocycles. The maximum atomic E-state index is 11.6. The van der Waals surface area contributed by atoms with Crippen molar-refractivity contribution in [3.63, 3.8) is 0 Å². The summed E-state index contributed by atoms with van der Waals surface area (Å²) in [7, 11) is 1.79. The first-order chi connectivity index (χ1) is 12.1. The fourth-order valence-corrected chi connectivity index (χ4v) is 3.83. The average Bonchev–Trinajstić information content (AvgIpc) is 2.95. The Balaban J connectivity index is 0.00000243. The molecule has 0 radical (unpaired) electrons. The van der Waals surface area contributed by atoms with Gasteiger partial charge >= 0.3 is 0 Å². The van der Waals surface area contributed by atoms with Gasteiger partial charge in [-0.05, 0) is 31.0 Å². The number of benzene rings is 1. The number of piperidine rings is 1. The zero-order valence-electron chi connectivity index (χ0n) is 15.0. The van der Waals surface area contributed by atoms with Crippen molar-refractivity contribution in [3.05, 3.63) is 29.3 Å². The number of guanidine groups is 1. The number of rotatable bonds is 4. The van der Waals surface area contributed by atoms with Crippen LogP contribution in [0, 0.1) is 5.41 Å². The zero-order valence-corrected chi connectivity index (χ0v) is 18.0. The SMILES string of the molecule is CN=C(NCCOc1cccc(Cl)c1)N1CCCC2(CNC(=O)C2)C1.I. The number of nitrogens with zero attached hydrogens (tertiary/aromatic N) is 2. The minimum absolute atomic E-state index is 0. The molecule has 6 nitrogen and oxygen atoms in total. The molecule has 2 fully saturated rings. The van der Waals surface area contributed by atoms with Crippen molar-refractivity contribution in [2.45, 2.75) is 19.3 Å². The van der Waals surface area contributed by atoms with Crippen molar-refractivity contribution in [1.29, 1.82) is 0 Å². The van der Waals surface area contributed by atoms with Crippen molar-refractivity contribution in [1.82, 2.24) is 15.5 Å². The molecule has 1 spiro atoms. The number of carbonyl (C=O) groups is 1. The highest BCUT2D eigenvalue weighted by atomic mass is 127. The lowest BCUT2D eigenvalue weighted by atomic mass is 9.79. The van der Waals surface area contributed by atoms with Crippen LogP contribution in [0.15, 0.2) is 29.3 Å². The number of ether oxygens (including phenoxy) is 1. The Bertz CT molecular complexity index is 658. The van der Waals surface area contributed by atoms with Crippen LogP contribution in [0.2, 0.25) is 5.02 Å². The Morgan fingerprint density at radius 2 is 2.35 bits per heavy atom. The average molecular weight is 493 g/mol. The van der Waals surface area contributed by atoms with Crippen LogP contribution >= 0.6 is 35.6 Å². The van der Waals surface area contributed by atoms with Gasteiger partial charge in [0.2, 0.25) is 5.91 Å². The summed E-state index contributed by atoms with van der Waals surface area (Å²) in [4.78, 5) is 18.3. The van der Waals surface area contributed by atoms with Crippen LogP contribution < -0.4 is 15.4 Å². The summed E-state index contributed by atoms with van der Waals surface area (Å²) in [6.45, 7) is 3.78. The van der Waals surface area contributed by atoms with Gasteiger partial charge in [-0.15, -0.1) is 24.0 Å². The van der Waals surface area contributed by atoms with Crippen molar-refractivity contribution >= 4 is 47.4 Å². The molecule has 0 aliphatic carbocycles. The van der Waals surface area contributed by atoms with E-state index in [1.54, 1.807) is 13.1 Å². The number of amides is 1. The number of nitrogens with one attached hydrogen (secondary N) is 2. The largest absolute Gasteiger partial charge is 0.492 e. The minimum Gasteiger partial charge on any atom is -0.492 e. The van der Waals surface area contributed by atoms with Crippen molar-refractivity contribution in [2.75, 3.05) is 39.8 Å². The fraction of sp³-hybridized carbons (Fsp3) is 0.556. The highest BCUT2D eigenvalue weighted by Gasteiger charge is 2.42. The summed E-state index contributed by atoms with van der Waals surface area (Å²) in [5.74, 6) is 1.80. The van der Waals surface area contributed by atoms with Crippen LogP contribution in [0.3, 0.4) is 0 Å². The third kappa shape index (κ3) is 5.39. The summed E-state index contributed by atoms with van der Waals surface area (Å²) in [6, 6.07) is 7.38. The van der Waals surface area contributed by atoms with Gasteiger partial charge in [0.15, 0.2) is 5.96 Å². The van der Waals surface area contributed by atoms with Gasteiger partial charge in [0, 0.05) is 43.5 Å². The highest BCUT2D eigenvalue weighted by molar-refractivity contribution is 14.0. The second-order valence-electron chi connectivity index (χ2n) is 6.76. The van der Waals surface area contributed by atoms with Crippen LogP contribution in [0.4, 0.5) is 0 Å². The van der Waals surface area contributed by atoms with Crippen LogP contribution in [0.1, 0.15) is 19.3 Å². The van der Waals surface area contributed by atoms with Gasteiger partial charge in [0.25, 0.3) is 0 Å². The maximum absolute atomic E-state index is 11.6. The monoisotopic (exact) mass is 492 g/mol. The Morgan fingerprint density at radius 3 is 3.04 bits per heavy atom. The van der Waals surface area contributed by atoms with Gasteiger partial charge in [0.05, 0.1) is 6.54 Å². The van der Waals surface area contributed by atoms with Crippen LogP contribution in [-0.4, -0.2) is 56.6 Å². The van der Waals surface area contributed by atoms with E-state index in [9.17, 15) is 4.79 Å². The third-order valence-corrected chi connectivity index (χ3v) is 5.05. The van der Waals surface area contributed by atoms with Gasteiger partial charge < -0.3 is 20.3 Å². The molecule has 26 heavy (non-hydrogen) atoms. The molecule has 2 heterocycles. The van der Waals surface area contributed by atoms with Crippen molar-refractivity contribution in [2.24, 2.45) is 10.4 Å². The lowest BCUT2D eigenvalue weighted by Gasteiger charge is -2.40. The molecular formula is C18H26ClIN4O2. The molecule has 2 N–H and O–H groups in total. The normalized spacial score (nSPS) is 22.8. The van der Waals surface area contributed by atoms with Crippen molar-refractivity contribution < 1.29 is 9.53 Å². The van der Waals surface area contributed by atoms with Crippen LogP contribution in [0.25, 0.3) is 0 Å². The smallest absolute Gasteiger partial charge is 0.220 e. The second-order valence-corrected chi connectivity index (χ2v) is 7.19. The summed E-state index contributed by atoms with van der Waals surface area (Å²) in [5, 5.41) is 7.00. The summed E-state index contributed by atoms with van der Waals surface area (Å²) in [6.07, 6.45) is 2.80. The molecule has 144 valence electrons. The van der Waals surface area contributed by atoms with E-state index in [-0.39, 0.29) is 35.3 Å². The predicted octanol–water partition coefficient (Wildman–Crippen LogP) is 2.51. The molecule has 1 amide bonds. The highest BCUT2D eigenvalue weighted by Crippen LogP contribution is 2.35. The molecule has 0 aromatic heterocycles. The maximum Gasteiger partial charge on any atom is 0.220 e. The topological polar surface area (TPSA) is 66.0 Å². The second kappa shape index (κ2) is 9.64. The summed E-state index contributed by atoms with van der Waals surface area (Å²) in [5.41, 5.74) is 0.0598. The van der Waals surface area contributed by atoms with Gasteiger partial charge in [-0.3, -0.25) is 9.79 Å².